The van der Waals surface area contributed by atoms with Crippen LogP contribution < -0.4 is 4.74 Å². The summed E-state index contributed by atoms with van der Waals surface area (Å²) in [4.78, 5) is 25.1. The van der Waals surface area contributed by atoms with Gasteiger partial charge in [0.25, 0.3) is 0 Å². The molecule has 0 N–H and O–H groups in total. The number of ether oxygens (including phenoxy) is 2. The summed E-state index contributed by atoms with van der Waals surface area (Å²) in [6.07, 6.45) is 4.80. The van der Waals surface area contributed by atoms with Crippen molar-refractivity contribution in [3.8, 4) is 28.0 Å². The number of methoxy groups -OCH3 is 1. The van der Waals surface area contributed by atoms with Crippen LogP contribution in [0.4, 0.5) is 0 Å². The van der Waals surface area contributed by atoms with Crippen molar-refractivity contribution in [3.05, 3.63) is 114 Å². The van der Waals surface area contributed by atoms with Crippen LogP contribution in [0.2, 0.25) is 0 Å². The smallest absolute Gasteiger partial charge is 0.338 e. The van der Waals surface area contributed by atoms with E-state index in [-0.39, 0.29) is 12.4 Å². The summed E-state index contributed by atoms with van der Waals surface area (Å²) in [6.45, 7) is 1.91. The zero-order valence-electron chi connectivity index (χ0n) is 21.4. The lowest BCUT2D eigenvalue weighted by atomic mass is 10.00. The van der Waals surface area contributed by atoms with Crippen LogP contribution >= 0.6 is 0 Å². The number of ketones is 1. The van der Waals surface area contributed by atoms with Crippen molar-refractivity contribution >= 4 is 11.8 Å². The predicted molar refractivity (Wildman–Crippen MR) is 148 cm³/mol. The Bertz CT molecular complexity index is 1300. The van der Waals surface area contributed by atoms with Crippen molar-refractivity contribution in [2.45, 2.75) is 32.6 Å². The molecule has 0 atom stereocenters. The zero-order chi connectivity index (χ0) is 26.0. The number of hydrogen-bond acceptors (Lipinski definition) is 4. The number of rotatable bonds is 11. The molecule has 4 rings (SSSR count). The van der Waals surface area contributed by atoms with Gasteiger partial charge in [0, 0.05) is 5.56 Å². The van der Waals surface area contributed by atoms with Crippen LogP contribution in [0.25, 0.3) is 22.3 Å². The molecule has 0 fully saturated rings. The highest BCUT2D eigenvalue weighted by Crippen LogP contribution is 2.24. The van der Waals surface area contributed by atoms with Crippen LogP contribution in [0, 0.1) is 0 Å². The lowest BCUT2D eigenvalue weighted by Gasteiger charge is -2.08. The maximum absolute atomic E-state index is 12.6. The molecule has 4 heteroatoms. The molecule has 4 aromatic carbocycles. The molecule has 0 unspecified atom stereocenters. The molecule has 37 heavy (non-hydrogen) atoms. The van der Waals surface area contributed by atoms with Crippen molar-refractivity contribution in [1.29, 1.82) is 0 Å². The van der Waals surface area contributed by atoms with E-state index < -0.39 is 5.97 Å². The standard InChI is InChI=1S/C33H32O4/c1-3-4-5-6-24-7-9-25(10-8-24)26-11-15-29(16-12-26)32(34)23-37-33(35)30-17-13-27(14-18-30)28-19-21-31(36-2)22-20-28/h7-22H,3-6,23H2,1-2H3. The molecule has 4 nitrogen and oxygen atoms in total. The number of aryl methyl sites for hydroxylation is 1. The van der Waals surface area contributed by atoms with Gasteiger partial charge in [-0.05, 0) is 64.9 Å². The fraction of sp³-hybridized carbons (Fsp3) is 0.212. The zero-order valence-corrected chi connectivity index (χ0v) is 21.4. The van der Waals surface area contributed by atoms with Gasteiger partial charge in [0.1, 0.15) is 5.75 Å². The van der Waals surface area contributed by atoms with Crippen molar-refractivity contribution < 1.29 is 19.1 Å². The summed E-state index contributed by atoms with van der Waals surface area (Å²) in [5.74, 6) is 0.0291. The van der Waals surface area contributed by atoms with E-state index in [9.17, 15) is 9.59 Å². The fourth-order valence-electron chi connectivity index (χ4n) is 4.17. The van der Waals surface area contributed by atoms with E-state index in [1.165, 1.54) is 24.8 Å². The van der Waals surface area contributed by atoms with Crippen LogP contribution in [0.1, 0.15) is 52.5 Å². The molecule has 0 bridgehead atoms. The Morgan fingerprint density at radius 2 is 1.11 bits per heavy atom. The van der Waals surface area contributed by atoms with Crippen LogP contribution in [0.15, 0.2) is 97.1 Å². The van der Waals surface area contributed by atoms with Gasteiger partial charge in [0.15, 0.2) is 12.4 Å². The monoisotopic (exact) mass is 492 g/mol. The SMILES string of the molecule is CCCCCc1ccc(-c2ccc(C(=O)COC(=O)c3ccc(-c4ccc(OC)cc4)cc3)cc2)cc1. The molecule has 0 spiro atoms. The van der Waals surface area contributed by atoms with E-state index in [2.05, 4.69) is 31.2 Å². The molecule has 0 aliphatic rings. The van der Waals surface area contributed by atoms with E-state index >= 15 is 0 Å². The number of Topliss-reactive ketones (excluding diaryl/α,β-unsaturated/α-hetero) is 1. The Labute approximate surface area is 218 Å². The highest BCUT2D eigenvalue weighted by molar-refractivity contribution is 5.99. The summed E-state index contributed by atoms with van der Waals surface area (Å²) >= 11 is 0. The summed E-state index contributed by atoms with van der Waals surface area (Å²) in [6, 6.07) is 30.8. The number of esters is 1. The molecular weight excluding hydrogens is 460 g/mol. The van der Waals surface area contributed by atoms with E-state index in [1.807, 2.05) is 48.5 Å². The second-order valence-electron chi connectivity index (χ2n) is 9.04. The molecule has 0 heterocycles. The highest BCUT2D eigenvalue weighted by atomic mass is 16.5. The first kappa shape index (κ1) is 25.9. The van der Waals surface area contributed by atoms with Gasteiger partial charge in [0.05, 0.1) is 12.7 Å². The molecular formula is C33H32O4. The quantitative estimate of drug-likeness (QED) is 0.122. The van der Waals surface area contributed by atoms with Gasteiger partial charge in [0.2, 0.25) is 0 Å². The number of hydrogen-bond donors (Lipinski definition) is 0. The van der Waals surface area contributed by atoms with Gasteiger partial charge in [-0.2, -0.15) is 0 Å². The minimum absolute atomic E-state index is 0.235. The Kier molecular flexibility index (Phi) is 8.88. The van der Waals surface area contributed by atoms with Gasteiger partial charge in [-0.1, -0.05) is 92.6 Å². The van der Waals surface area contributed by atoms with Gasteiger partial charge in [-0.25, -0.2) is 4.79 Å². The normalized spacial score (nSPS) is 10.6. The molecule has 4 aromatic rings. The molecule has 0 saturated carbocycles. The molecule has 0 aliphatic carbocycles. The number of unbranched alkanes of at least 4 members (excludes halogenated alkanes) is 2. The molecule has 0 radical (unpaired) electrons. The first-order valence-corrected chi connectivity index (χ1v) is 12.7. The van der Waals surface area contributed by atoms with Crippen molar-refractivity contribution in [2.24, 2.45) is 0 Å². The Hall–Kier alpha value is -4.18. The number of carbonyl (C=O) groups excluding carboxylic acids is 2. The third-order valence-corrected chi connectivity index (χ3v) is 6.44. The topological polar surface area (TPSA) is 52.6 Å². The van der Waals surface area contributed by atoms with Gasteiger partial charge >= 0.3 is 5.97 Å². The molecule has 0 amide bonds. The van der Waals surface area contributed by atoms with Crippen molar-refractivity contribution in [1.82, 2.24) is 0 Å². The molecule has 188 valence electrons. The Balaban J connectivity index is 1.30. The fourth-order valence-corrected chi connectivity index (χ4v) is 4.17. The maximum Gasteiger partial charge on any atom is 0.338 e. The maximum atomic E-state index is 12.6. The van der Waals surface area contributed by atoms with E-state index in [4.69, 9.17) is 9.47 Å². The third kappa shape index (κ3) is 6.95. The summed E-state index contributed by atoms with van der Waals surface area (Å²) in [7, 11) is 1.63. The summed E-state index contributed by atoms with van der Waals surface area (Å²) in [5, 5.41) is 0. The van der Waals surface area contributed by atoms with Crippen LogP contribution in [0.3, 0.4) is 0 Å². The lowest BCUT2D eigenvalue weighted by Crippen LogP contribution is -2.14. The average molecular weight is 493 g/mol. The van der Waals surface area contributed by atoms with Gasteiger partial charge in [-0.15, -0.1) is 0 Å². The molecule has 0 aliphatic heterocycles. The largest absolute Gasteiger partial charge is 0.497 e. The van der Waals surface area contributed by atoms with Crippen LogP contribution in [-0.2, 0) is 11.2 Å². The first-order chi connectivity index (χ1) is 18.1. The minimum Gasteiger partial charge on any atom is -0.497 e. The van der Waals surface area contributed by atoms with E-state index in [0.29, 0.717) is 11.1 Å². The van der Waals surface area contributed by atoms with E-state index in [0.717, 1.165) is 34.4 Å². The van der Waals surface area contributed by atoms with Crippen LogP contribution in [-0.4, -0.2) is 25.5 Å². The Morgan fingerprint density at radius 1 is 0.622 bits per heavy atom. The van der Waals surface area contributed by atoms with Gasteiger partial charge in [-0.3, -0.25) is 4.79 Å². The summed E-state index contributed by atoms with van der Waals surface area (Å²) < 4.78 is 10.5. The molecule has 0 saturated heterocycles. The van der Waals surface area contributed by atoms with Gasteiger partial charge < -0.3 is 9.47 Å². The first-order valence-electron chi connectivity index (χ1n) is 12.7. The summed E-state index contributed by atoms with van der Waals surface area (Å²) in [5.41, 5.74) is 6.42. The second-order valence-corrected chi connectivity index (χ2v) is 9.04. The highest BCUT2D eigenvalue weighted by Gasteiger charge is 2.13. The van der Waals surface area contributed by atoms with E-state index in [1.54, 1.807) is 31.4 Å². The van der Waals surface area contributed by atoms with Crippen LogP contribution in [0.5, 0.6) is 5.75 Å². The number of benzene rings is 4. The lowest BCUT2D eigenvalue weighted by molar-refractivity contribution is 0.0475. The minimum atomic E-state index is -0.523. The molecule has 0 aromatic heterocycles. The second kappa shape index (κ2) is 12.7. The van der Waals surface area contributed by atoms with Crippen molar-refractivity contribution in [3.63, 3.8) is 0 Å². The Morgan fingerprint density at radius 3 is 1.62 bits per heavy atom. The average Bonchev–Trinajstić information content (AvgIpc) is 2.96. The van der Waals surface area contributed by atoms with Crippen molar-refractivity contribution in [2.75, 3.05) is 13.7 Å². The predicted octanol–water partition coefficient (Wildman–Crippen LogP) is 7.80. The number of carbonyl (C=O) groups is 2. The third-order valence-electron chi connectivity index (χ3n) is 6.44.